The molecule has 0 bridgehead atoms. The van der Waals surface area contributed by atoms with E-state index in [2.05, 4.69) is 13.2 Å². The average molecular weight is 264 g/mol. The van der Waals surface area contributed by atoms with Gasteiger partial charge in [-0.25, -0.2) is 0 Å². The maximum Gasteiger partial charge on any atom is 0.122 e. The molecule has 0 amide bonds. The normalized spacial score (nSPS) is 9.47. The summed E-state index contributed by atoms with van der Waals surface area (Å²) < 4.78 is 21.0. The number of benzene rings is 1. The maximum atomic E-state index is 5.54. The van der Waals surface area contributed by atoms with Crippen molar-refractivity contribution in [1.29, 1.82) is 0 Å². The van der Waals surface area contributed by atoms with Crippen LogP contribution in [0.3, 0.4) is 0 Å². The summed E-state index contributed by atoms with van der Waals surface area (Å²) in [5.41, 5.74) is 0. The molecule has 4 nitrogen and oxygen atoms in total. The number of hydrogen-bond donors (Lipinski definition) is 0. The van der Waals surface area contributed by atoms with Crippen LogP contribution in [-0.4, -0.2) is 26.4 Å². The predicted molar refractivity (Wildman–Crippen MR) is 74.3 cm³/mol. The second-order valence-electron chi connectivity index (χ2n) is 3.60. The highest BCUT2D eigenvalue weighted by atomic mass is 16.5. The molecule has 0 aliphatic rings. The Labute approximate surface area is 114 Å². The van der Waals surface area contributed by atoms with E-state index < -0.39 is 0 Å². The molecule has 104 valence electrons. The van der Waals surface area contributed by atoms with Gasteiger partial charge in [0.15, 0.2) is 0 Å². The van der Waals surface area contributed by atoms with Crippen LogP contribution in [0.5, 0.6) is 11.5 Å². The second-order valence-corrected chi connectivity index (χ2v) is 3.60. The van der Waals surface area contributed by atoms with E-state index in [1.54, 1.807) is 0 Å². The molecule has 1 rings (SSSR count). The highest BCUT2D eigenvalue weighted by molar-refractivity contribution is 5.31. The Hall–Kier alpha value is -2.10. The van der Waals surface area contributed by atoms with E-state index in [-0.39, 0.29) is 0 Å². The van der Waals surface area contributed by atoms with Gasteiger partial charge >= 0.3 is 0 Å². The summed E-state index contributed by atoms with van der Waals surface area (Å²) in [4.78, 5) is 0. The largest absolute Gasteiger partial charge is 0.502 e. The summed E-state index contributed by atoms with van der Waals surface area (Å²) in [7, 11) is 0. The zero-order valence-corrected chi connectivity index (χ0v) is 11.0. The lowest BCUT2D eigenvalue weighted by Crippen LogP contribution is -2.04. The molecule has 0 unspecified atom stereocenters. The van der Waals surface area contributed by atoms with Crippen molar-refractivity contribution in [3.8, 4) is 11.5 Å². The lowest BCUT2D eigenvalue weighted by molar-refractivity contribution is 0.179. The van der Waals surface area contributed by atoms with Gasteiger partial charge in [0.25, 0.3) is 0 Å². The molecule has 0 atom stereocenters. The van der Waals surface area contributed by atoms with Crippen molar-refractivity contribution in [3.05, 3.63) is 49.9 Å². The zero-order valence-electron chi connectivity index (χ0n) is 11.0. The van der Waals surface area contributed by atoms with E-state index in [1.165, 1.54) is 12.5 Å². The van der Waals surface area contributed by atoms with Gasteiger partial charge in [-0.15, -0.1) is 0 Å². The fraction of sp³-hybridized carbons (Fsp3) is 0.333. The first-order chi connectivity index (χ1) is 9.36. The van der Waals surface area contributed by atoms with E-state index in [4.69, 9.17) is 18.9 Å². The molecule has 0 spiro atoms. The lowest BCUT2D eigenvalue weighted by Gasteiger charge is -2.08. The molecule has 4 heteroatoms. The average Bonchev–Trinajstić information content (AvgIpc) is 2.45. The predicted octanol–water partition coefficient (Wildman–Crippen LogP) is 3.15. The number of rotatable bonds is 11. The third kappa shape index (κ3) is 7.03. The molecule has 1 aromatic rings. The van der Waals surface area contributed by atoms with Gasteiger partial charge in [0.2, 0.25) is 0 Å². The minimum absolute atomic E-state index is 0.491. The minimum atomic E-state index is 0.491. The number of ether oxygens (including phenoxy) is 4. The van der Waals surface area contributed by atoms with Crippen molar-refractivity contribution in [3.63, 3.8) is 0 Å². The van der Waals surface area contributed by atoms with Crippen LogP contribution in [0, 0.1) is 0 Å². The Morgan fingerprint density at radius 3 is 1.84 bits per heavy atom. The van der Waals surface area contributed by atoms with E-state index in [0.29, 0.717) is 26.4 Å². The molecule has 0 N–H and O–H groups in total. The first-order valence-corrected chi connectivity index (χ1v) is 6.17. The maximum absolute atomic E-state index is 5.54. The van der Waals surface area contributed by atoms with Gasteiger partial charge in [-0.2, -0.15) is 0 Å². The zero-order chi connectivity index (χ0) is 13.8. The van der Waals surface area contributed by atoms with Crippen LogP contribution in [-0.2, 0) is 9.47 Å². The van der Waals surface area contributed by atoms with Crippen molar-refractivity contribution in [2.45, 2.75) is 6.42 Å². The minimum Gasteiger partial charge on any atom is -0.502 e. The molecule has 0 aromatic heterocycles. The third-order valence-corrected chi connectivity index (χ3v) is 2.20. The van der Waals surface area contributed by atoms with Gasteiger partial charge in [0.05, 0.1) is 25.7 Å². The molecular weight excluding hydrogens is 244 g/mol. The molecule has 0 aliphatic heterocycles. The van der Waals surface area contributed by atoms with Crippen molar-refractivity contribution >= 4 is 0 Å². The van der Waals surface area contributed by atoms with Gasteiger partial charge in [0.1, 0.15) is 24.7 Å². The van der Waals surface area contributed by atoms with Crippen LogP contribution in [0.25, 0.3) is 0 Å². The summed E-state index contributed by atoms with van der Waals surface area (Å²) >= 11 is 0. The Morgan fingerprint density at radius 1 is 0.737 bits per heavy atom. The van der Waals surface area contributed by atoms with E-state index in [1.807, 2.05) is 24.3 Å². The Morgan fingerprint density at radius 2 is 1.26 bits per heavy atom. The molecule has 0 saturated heterocycles. The summed E-state index contributed by atoms with van der Waals surface area (Å²) in [5, 5.41) is 0. The van der Waals surface area contributed by atoms with Crippen molar-refractivity contribution in [2.24, 2.45) is 0 Å². The second kappa shape index (κ2) is 9.88. The highest BCUT2D eigenvalue weighted by Crippen LogP contribution is 2.17. The monoisotopic (exact) mass is 264 g/mol. The first-order valence-electron chi connectivity index (χ1n) is 6.17. The Kier molecular flexibility index (Phi) is 7.78. The highest BCUT2D eigenvalue weighted by Gasteiger charge is 1.96. The van der Waals surface area contributed by atoms with E-state index >= 15 is 0 Å². The van der Waals surface area contributed by atoms with Crippen LogP contribution >= 0.6 is 0 Å². The first kappa shape index (κ1) is 15.0. The van der Waals surface area contributed by atoms with Crippen LogP contribution in [0.1, 0.15) is 6.42 Å². The van der Waals surface area contributed by atoms with Crippen LogP contribution in [0.4, 0.5) is 0 Å². The SMILES string of the molecule is C=COCCCOc1ccc(OCCOC=C)cc1. The van der Waals surface area contributed by atoms with Crippen LogP contribution in [0.15, 0.2) is 49.9 Å². The van der Waals surface area contributed by atoms with Gasteiger partial charge in [-0.05, 0) is 24.3 Å². The van der Waals surface area contributed by atoms with E-state index in [0.717, 1.165) is 17.9 Å². The summed E-state index contributed by atoms with van der Waals surface area (Å²) in [6.07, 6.45) is 3.65. The molecule has 1 aromatic carbocycles. The Balaban J connectivity index is 2.19. The summed E-state index contributed by atoms with van der Waals surface area (Å²) in [6, 6.07) is 7.48. The van der Waals surface area contributed by atoms with Crippen molar-refractivity contribution in [1.82, 2.24) is 0 Å². The van der Waals surface area contributed by atoms with Gasteiger partial charge in [-0.1, -0.05) is 13.2 Å². The van der Waals surface area contributed by atoms with Gasteiger partial charge in [0, 0.05) is 6.42 Å². The van der Waals surface area contributed by atoms with Gasteiger partial charge in [-0.3, -0.25) is 0 Å². The summed E-state index contributed by atoms with van der Waals surface area (Å²) in [6.45, 7) is 9.14. The quantitative estimate of drug-likeness (QED) is 0.454. The van der Waals surface area contributed by atoms with E-state index in [9.17, 15) is 0 Å². The smallest absolute Gasteiger partial charge is 0.122 e. The fourth-order valence-corrected chi connectivity index (χ4v) is 1.34. The topological polar surface area (TPSA) is 36.9 Å². The molecule has 19 heavy (non-hydrogen) atoms. The van der Waals surface area contributed by atoms with Crippen LogP contribution < -0.4 is 9.47 Å². The van der Waals surface area contributed by atoms with Crippen LogP contribution in [0.2, 0.25) is 0 Å². The molecule has 0 fully saturated rings. The molecular formula is C15H20O4. The standard InChI is InChI=1S/C15H20O4/c1-3-16-10-5-11-18-14-6-8-15(9-7-14)19-13-12-17-4-2/h3-4,6-9H,1-2,5,10-13H2. The van der Waals surface area contributed by atoms with Crippen molar-refractivity contribution in [2.75, 3.05) is 26.4 Å². The Bertz CT molecular complexity index is 359. The number of hydrogen-bond acceptors (Lipinski definition) is 4. The lowest BCUT2D eigenvalue weighted by atomic mass is 10.3. The molecule has 0 heterocycles. The third-order valence-electron chi connectivity index (χ3n) is 2.20. The molecule has 0 saturated carbocycles. The molecule has 0 radical (unpaired) electrons. The summed E-state index contributed by atoms with van der Waals surface area (Å²) in [5.74, 6) is 1.60. The van der Waals surface area contributed by atoms with Gasteiger partial charge < -0.3 is 18.9 Å². The molecule has 0 aliphatic carbocycles. The fourth-order valence-electron chi connectivity index (χ4n) is 1.34. The van der Waals surface area contributed by atoms with Crippen molar-refractivity contribution < 1.29 is 18.9 Å².